The fourth-order valence-corrected chi connectivity index (χ4v) is 1.93. The van der Waals surface area contributed by atoms with Gasteiger partial charge in [-0.1, -0.05) is 23.8 Å². The Morgan fingerprint density at radius 3 is 2.60 bits per heavy atom. The Balaban J connectivity index is 2.10. The summed E-state index contributed by atoms with van der Waals surface area (Å²) in [6.45, 7) is 0. The van der Waals surface area contributed by atoms with Crippen LogP contribution in [0.25, 0.3) is 6.08 Å². The summed E-state index contributed by atoms with van der Waals surface area (Å²) < 4.78 is 25.8. The Labute approximate surface area is 88.6 Å². The van der Waals surface area contributed by atoms with Crippen molar-refractivity contribution in [2.24, 2.45) is 0 Å². The van der Waals surface area contributed by atoms with E-state index in [9.17, 15) is 8.78 Å². The lowest BCUT2D eigenvalue weighted by Crippen LogP contribution is -2.07. The molecule has 2 rings (SSSR count). The van der Waals surface area contributed by atoms with E-state index in [4.69, 9.17) is 0 Å². The Bertz CT molecular complexity index is 359. The van der Waals surface area contributed by atoms with Crippen LogP contribution >= 0.6 is 0 Å². The molecular weight excluding hydrogens is 194 g/mol. The number of hydrogen-bond acceptors (Lipinski definition) is 0. The monoisotopic (exact) mass is 208 g/mol. The molecule has 0 N–H and O–H groups in total. The molecule has 0 aliphatic heterocycles. The molecular formula is C13H14F2. The van der Waals surface area contributed by atoms with Crippen molar-refractivity contribution in [3.05, 3.63) is 41.2 Å². The highest BCUT2D eigenvalue weighted by Crippen LogP contribution is 2.27. The molecule has 80 valence electrons. The molecule has 0 heterocycles. The lowest BCUT2D eigenvalue weighted by molar-refractivity contribution is 0.277. The molecule has 1 fully saturated rings. The minimum absolute atomic E-state index is 0.219. The molecule has 0 atom stereocenters. The molecule has 1 aliphatic rings. The van der Waals surface area contributed by atoms with Gasteiger partial charge in [0.05, 0.1) is 0 Å². The van der Waals surface area contributed by atoms with Crippen molar-refractivity contribution in [3.63, 3.8) is 0 Å². The van der Waals surface area contributed by atoms with Crippen molar-refractivity contribution in [2.45, 2.75) is 31.9 Å². The van der Waals surface area contributed by atoms with Gasteiger partial charge in [-0.25, -0.2) is 8.78 Å². The van der Waals surface area contributed by atoms with Gasteiger partial charge in [0.15, 0.2) is 0 Å². The normalized spacial score (nSPS) is 21.5. The first-order valence-corrected chi connectivity index (χ1v) is 5.33. The van der Waals surface area contributed by atoms with Gasteiger partial charge in [0.25, 0.3) is 0 Å². The summed E-state index contributed by atoms with van der Waals surface area (Å²) in [6, 6.07) is 6.51. The van der Waals surface area contributed by atoms with Gasteiger partial charge >= 0.3 is 0 Å². The summed E-state index contributed by atoms with van der Waals surface area (Å²) >= 11 is 0. The maximum Gasteiger partial charge on any atom is 0.123 e. The van der Waals surface area contributed by atoms with Crippen LogP contribution in [0.5, 0.6) is 0 Å². The lowest BCUT2D eigenvalue weighted by Gasteiger charge is -2.17. The maximum atomic E-state index is 12.9. The van der Waals surface area contributed by atoms with Gasteiger partial charge in [0.2, 0.25) is 0 Å². The molecule has 15 heavy (non-hydrogen) atoms. The van der Waals surface area contributed by atoms with Crippen molar-refractivity contribution in [1.82, 2.24) is 0 Å². The van der Waals surface area contributed by atoms with Crippen molar-refractivity contribution in [1.29, 1.82) is 0 Å². The number of allylic oxidation sites excluding steroid dienone is 1. The van der Waals surface area contributed by atoms with Gasteiger partial charge in [0.1, 0.15) is 12.0 Å². The van der Waals surface area contributed by atoms with Crippen LogP contribution in [0.15, 0.2) is 29.8 Å². The minimum Gasteiger partial charge on any atom is -0.247 e. The van der Waals surface area contributed by atoms with E-state index in [1.54, 1.807) is 6.07 Å². The molecule has 0 nitrogen and oxygen atoms in total. The Morgan fingerprint density at radius 1 is 1.20 bits per heavy atom. The first kappa shape index (κ1) is 10.3. The first-order valence-electron chi connectivity index (χ1n) is 5.33. The average molecular weight is 208 g/mol. The fourth-order valence-electron chi connectivity index (χ4n) is 1.93. The standard InChI is InChI=1S/C13H14F2/c14-12-6-4-10(5-7-12)8-11-2-1-3-13(15)9-11/h1-3,8-9,12H,4-7H2. The molecule has 2 heteroatoms. The van der Waals surface area contributed by atoms with E-state index in [-0.39, 0.29) is 5.82 Å². The summed E-state index contributed by atoms with van der Waals surface area (Å²) in [4.78, 5) is 0. The molecule has 0 bridgehead atoms. The predicted octanol–water partition coefficient (Wildman–Crippen LogP) is 4.12. The summed E-state index contributed by atoms with van der Waals surface area (Å²) in [6.07, 6.45) is 4.17. The van der Waals surface area contributed by atoms with Crippen molar-refractivity contribution >= 4 is 6.08 Å². The van der Waals surface area contributed by atoms with Crippen molar-refractivity contribution in [3.8, 4) is 0 Å². The number of benzene rings is 1. The fraction of sp³-hybridized carbons (Fsp3) is 0.385. The van der Waals surface area contributed by atoms with Gasteiger partial charge in [-0.2, -0.15) is 0 Å². The van der Waals surface area contributed by atoms with E-state index in [0.29, 0.717) is 12.8 Å². The molecule has 1 saturated carbocycles. The molecule has 0 saturated heterocycles. The second kappa shape index (κ2) is 4.56. The molecule has 1 aliphatic carbocycles. The zero-order valence-electron chi connectivity index (χ0n) is 8.55. The highest BCUT2D eigenvalue weighted by Gasteiger charge is 2.14. The van der Waals surface area contributed by atoms with Crippen LogP contribution in [0.1, 0.15) is 31.2 Å². The van der Waals surface area contributed by atoms with Crippen LogP contribution in [-0.4, -0.2) is 6.17 Å². The Kier molecular flexibility index (Phi) is 3.14. The van der Waals surface area contributed by atoms with Crippen molar-refractivity contribution in [2.75, 3.05) is 0 Å². The molecule has 0 radical (unpaired) electrons. The minimum atomic E-state index is -0.644. The van der Waals surface area contributed by atoms with Crippen LogP contribution in [-0.2, 0) is 0 Å². The third-order valence-electron chi connectivity index (χ3n) is 2.78. The van der Waals surface area contributed by atoms with Gasteiger partial charge in [-0.15, -0.1) is 0 Å². The van der Waals surface area contributed by atoms with Crippen LogP contribution < -0.4 is 0 Å². The van der Waals surface area contributed by atoms with Gasteiger partial charge < -0.3 is 0 Å². The summed E-state index contributed by atoms with van der Waals surface area (Å²) in [7, 11) is 0. The third kappa shape index (κ3) is 2.88. The highest BCUT2D eigenvalue weighted by atomic mass is 19.1. The summed E-state index contributed by atoms with van der Waals surface area (Å²) in [5.74, 6) is -0.219. The zero-order valence-corrected chi connectivity index (χ0v) is 8.55. The summed E-state index contributed by atoms with van der Waals surface area (Å²) in [5, 5.41) is 0. The summed E-state index contributed by atoms with van der Waals surface area (Å²) in [5.41, 5.74) is 2.11. The van der Waals surface area contributed by atoms with E-state index in [1.807, 2.05) is 12.1 Å². The van der Waals surface area contributed by atoms with Crippen LogP contribution in [0.3, 0.4) is 0 Å². The van der Waals surface area contributed by atoms with Crippen LogP contribution in [0, 0.1) is 5.82 Å². The topological polar surface area (TPSA) is 0 Å². The quantitative estimate of drug-likeness (QED) is 0.651. The first-order chi connectivity index (χ1) is 7.24. The van der Waals surface area contributed by atoms with E-state index < -0.39 is 6.17 Å². The number of hydrogen-bond donors (Lipinski definition) is 0. The van der Waals surface area contributed by atoms with Gasteiger partial charge in [-0.3, -0.25) is 0 Å². The molecule has 1 aromatic rings. The number of rotatable bonds is 1. The number of halogens is 2. The van der Waals surface area contributed by atoms with Crippen LogP contribution in [0.4, 0.5) is 8.78 Å². The molecule has 0 amide bonds. The SMILES string of the molecule is Fc1cccc(C=C2CCC(F)CC2)c1. The van der Waals surface area contributed by atoms with E-state index in [2.05, 4.69) is 0 Å². The van der Waals surface area contributed by atoms with E-state index >= 15 is 0 Å². The highest BCUT2D eigenvalue weighted by molar-refractivity contribution is 5.53. The molecule has 1 aromatic carbocycles. The van der Waals surface area contributed by atoms with Crippen LogP contribution in [0.2, 0.25) is 0 Å². The number of alkyl halides is 1. The van der Waals surface area contributed by atoms with Crippen molar-refractivity contribution < 1.29 is 8.78 Å². The van der Waals surface area contributed by atoms with Gasteiger partial charge in [-0.05, 0) is 43.4 Å². The second-order valence-corrected chi connectivity index (χ2v) is 4.03. The zero-order chi connectivity index (χ0) is 10.7. The predicted molar refractivity (Wildman–Crippen MR) is 57.7 cm³/mol. The maximum absolute atomic E-state index is 12.9. The van der Waals surface area contributed by atoms with E-state index in [1.165, 1.54) is 17.7 Å². The second-order valence-electron chi connectivity index (χ2n) is 4.03. The lowest BCUT2D eigenvalue weighted by atomic mass is 9.92. The Hall–Kier alpha value is -1.18. The Morgan fingerprint density at radius 2 is 1.93 bits per heavy atom. The molecule has 0 unspecified atom stereocenters. The average Bonchev–Trinajstić information content (AvgIpc) is 2.22. The third-order valence-corrected chi connectivity index (χ3v) is 2.78. The molecule has 0 spiro atoms. The van der Waals surface area contributed by atoms with E-state index in [0.717, 1.165) is 18.4 Å². The molecule has 0 aromatic heterocycles. The smallest absolute Gasteiger partial charge is 0.123 e. The largest absolute Gasteiger partial charge is 0.247 e. The van der Waals surface area contributed by atoms with Gasteiger partial charge in [0, 0.05) is 0 Å².